The molecule has 0 aliphatic heterocycles. The van der Waals surface area contributed by atoms with Gasteiger partial charge in [0.25, 0.3) is 0 Å². The number of aromatic nitrogens is 2. The Labute approximate surface area is 258 Å². The number of hydrogen-bond acceptors (Lipinski definition) is 2. The van der Waals surface area contributed by atoms with E-state index in [2.05, 4.69) is 115 Å². The SMILES string of the molecule is Cc1cc(C)c(B(c2c(C)cc(C)cc2C)c2c(C)c(C)c(C#Cc3ccnc(-c4ccccn4)c3)c(C)c2C)c(C)c1. The maximum absolute atomic E-state index is 4.53. The minimum atomic E-state index is 0.140. The van der Waals surface area contributed by atoms with Crippen molar-refractivity contribution in [2.75, 3.05) is 0 Å². The Hall–Kier alpha value is -4.42. The number of nitrogens with zero attached hydrogens (tertiary/aromatic N) is 2. The second-order valence-electron chi connectivity index (χ2n) is 12.2. The zero-order valence-corrected chi connectivity index (χ0v) is 27.3. The van der Waals surface area contributed by atoms with Crippen molar-refractivity contribution in [1.82, 2.24) is 9.97 Å². The lowest BCUT2D eigenvalue weighted by atomic mass is 9.32. The first-order valence-electron chi connectivity index (χ1n) is 15.1. The summed E-state index contributed by atoms with van der Waals surface area (Å²) in [4.78, 5) is 8.98. The molecule has 0 unspecified atom stereocenters. The van der Waals surface area contributed by atoms with Crippen molar-refractivity contribution in [1.29, 1.82) is 0 Å². The lowest BCUT2D eigenvalue weighted by Gasteiger charge is -2.29. The first-order chi connectivity index (χ1) is 20.5. The summed E-state index contributed by atoms with van der Waals surface area (Å²) in [6, 6.07) is 19.2. The first-order valence-corrected chi connectivity index (χ1v) is 15.1. The third-order valence-electron chi connectivity index (χ3n) is 9.04. The molecule has 3 aromatic carbocycles. The van der Waals surface area contributed by atoms with Crippen LogP contribution < -0.4 is 16.4 Å². The second-order valence-corrected chi connectivity index (χ2v) is 12.2. The molecule has 2 aromatic heterocycles. The van der Waals surface area contributed by atoms with Crippen molar-refractivity contribution < 1.29 is 0 Å². The fourth-order valence-electron chi connectivity index (χ4n) is 6.99. The smallest absolute Gasteiger partial charge is 0.243 e. The van der Waals surface area contributed by atoms with Crippen LogP contribution in [0.1, 0.15) is 66.8 Å². The van der Waals surface area contributed by atoms with Crippen LogP contribution in [0.2, 0.25) is 0 Å². The van der Waals surface area contributed by atoms with Crippen molar-refractivity contribution in [3.05, 3.63) is 134 Å². The molecular formula is C40H41BN2. The number of aryl methyl sites for hydroxylation is 6. The highest BCUT2D eigenvalue weighted by Crippen LogP contribution is 2.23. The highest BCUT2D eigenvalue weighted by atomic mass is 14.8. The third kappa shape index (κ3) is 5.80. The van der Waals surface area contributed by atoms with E-state index >= 15 is 0 Å². The zero-order chi connectivity index (χ0) is 31.0. The van der Waals surface area contributed by atoms with Gasteiger partial charge in [-0.15, -0.1) is 0 Å². The van der Waals surface area contributed by atoms with Crippen LogP contribution in [0.3, 0.4) is 0 Å². The lowest BCUT2D eigenvalue weighted by Crippen LogP contribution is -2.57. The van der Waals surface area contributed by atoms with Gasteiger partial charge in [-0.05, 0) is 105 Å². The fraction of sp³-hybridized carbons (Fsp3) is 0.250. The molecule has 3 heteroatoms. The Morgan fingerprint density at radius 3 is 1.49 bits per heavy atom. The molecule has 5 aromatic rings. The molecular weight excluding hydrogens is 519 g/mol. The Bertz CT molecular complexity index is 1790. The van der Waals surface area contributed by atoms with Gasteiger partial charge in [0.05, 0.1) is 11.4 Å². The molecule has 0 spiro atoms. The lowest BCUT2D eigenvalue weighted by molar-refractivity contribution is 1.24. The number of benzene rings is 3. The second kappa shape index (κ2) is 12.1. The van der Waals surface area contributed by atoms with Crippen LogP contribution in [0.25, 0.3) is 11.4 Å². The van der Waals surface area contributed by atoms with Crippen LogP contribution >= 0.6 is 0 Å². The molecule has 43 heavy (non-hydrogen) atoms. The van der Waals surface area contributed by atoms with E-state index in [-0.39, 0.29) is 6.71 Å². The molecule has 0 amide bonds. The summed E-state index contributed by atoms with van der Waals surface area (Å²) < 4.78 is 0. The van der Waals surface area contributed by atoms with Gasteiger partial charge in [0.15, 0.2) is 0 Å². The molecule has 0 radical (unpaired) electrons. The average molecular weight is 561 g/mol. The van der Waals surface area contributed by atoms with Crippen molar-refractivity contribution in [2.24, 2.45) is 0 Å². The minimum Gasteiger partial charge on any atom is -0.255 e. The summed E-state index contributed by atoms with van der Waals surface area (Å²) in [5.41, 5.74) is 21.1. The summed E-state index contributed by atoms with van der Waals surface area (Å²) in [6.45, 7) is 22.7. The summed E-state index contributed by atoms with van der Waals surface area (Å²) in [6.07, 6.45) is 3.61. The maximum Gasteiger partial charge on any atom is 0.243 e. The van der Waals surface area contributed by atoms with E-state index in [4.69, 9.17) is 0 Å². The van der Waals surface area contributed by atoms with Gasteiger partial charge in [-0.2, -0.15) is 0 Å². The van der Waals surface area contributed by atoms with Crippen LogP contribution in [-0.2, 0) is 0 Å². The van der Waals surface area contributed by atoms with Gasteiger partial charge in [-0.1, -0.05) is 103 Å². The largest absolute Gasteiger partial charge is 0.255 e. The predicted octanol–water partition coefficient (Wildman–Crippen LogP) is 7.14. The van der Waals surface area contributed by atoms with Gasteiger partial charge >= 0.3 is 0 Å². The standard InChI is InChI=1S/C40H41BN2/c1-24-19-26(3)38(27(4)20-24)41(39-28(5)21-25(2)22-29(39)6)40-32(9)30(7)35(31(8)33(40)10)15-14-34-16-18-43-37(23-34)36-13-11-12-17-42-36/h11-13,16-23H,1-10H3. The quantitative estimate of drug-likeness (QED) is 0.172. The van der Waals surface area contributed by atoms with E-state index in [1.807, 2.05) is 36.5 Å². The molecule has 0 bridgehead atoms. The molecule has 0 fully saturated rings. The summed E-state index contributed by atoms with van der Waals surface area (Å²) in [7, 11) is 0. The van der Waals surface area contributed by atoms with Crippen LogP contribution in [0, 0.1) is 81.1 Å². The number of rotatable bonds is 4. The first kappa shape index (κ1) is 30.1. The van der Waals surface area contributed by atoms with E-state index in [1.165, 1.54) is 72.0 Å². The summed E-state index contributed by atoms with van der Waals surface area (Å²) >= 11 is 0. The van der Waals surface area contributed by atoms with Gasteiger partial charge in [-0.25, -0.2) is 0 Å². The van der Waals surface area contributed by atoms with E-state index in [1.54, 1.807) is 6.20 Å². The van der Waals surface area contributed by atoms with Crippen molar-refractivity contribution in [3.63, 3.8) is 0 Å². The molecule has 2 heterocycles. The Balaban J connectivity index is 1.71. The topological polar surface area (TPSA) is 25.8 Å². The zero-order valence-electron chi connectivity index (χ0n) is 27.3. The molecule has 2 nitrogen and oxygen atoms in total. The molecule has 0 N–H and O–H groups in total. The Kier molecular flexibility index (Phi) is 8.43. The van der Waals surface area contributed by atoms with E-state index < -0.39 is 0 Å². The molecule has 214 valence electrons. The molecule has 0 saturated carbocycles. The molecule has 0 aliphatic carbocycles. The third-order valence-corrected chi connectivity index (χ3v) is 9.04. The minimum absolute atomic E-state index is 0.140. The van der Waals surface area contributed by atoms with Crippen molar-refractivity contribution in [3.8, 4) is 23.2 Å². The fourth-order valence-corrected chi connectivity index (χ4v) is 6.99. The monoisotopic (exact) mass is 560 g/mol. The summed E-state index contributed by atoms with van der Waals surface area (Å²) in [5.74, 6) is 7.02. The van der Waals surface area contributed by atoms with E-state index in [9.17, 15) is 0 Å². The van der Waals surface area contributed by atoms with Gasteiger partial charge in [0.1, 0.15) is 0 Å². The van der Waals surface area contributed by atoms with Gasteiger partial charge in [0, 0.05) is 23.5 Å². The van der Waals surface area contributed by atoms with E-state index in [0.717, 1.165) is 22.5 Å². The molecule has 0 aliphatic rings. The van der Waals surface area contributed by atoms with Gasteiger partial charge in [0.2, 0.25) is 6.71 Å². The highest BCUT2D eigenvalue weighted by Gasteiger charge is 2.32. The summed E-state index contributed by atoms with van der Waals surface area (Å²) in [5, 5.41) is 0. The van der Waals surface area contributed by atoms with Crippen molar-refractivity contribution >= 4 is 23.1 Å². The Morgan fingerprint density at radius 2 is 1.00 bits per heavy atom. The number of hydrogen-bond donors (Lipinski definition) is 0. The maximum atomic E-state index is 4.53. The molecule has 5 rings (SSSR count). The highest BCUT2D eigenvalue weighted by molar-refractivity contribution is 6.97. The van der Waals surface area contributed by atoms with Crippen LogP contribution in [0.5, 0.6) is 0 Å². The van der Waals surface area contributed by atoms with Gasteiger partial charge in [-0.3, -0.25) is 9.97 Å². The van der Waals surface area contributed by atoms with Crippen LogP contribution in [0.15, 0.2) is 67.0 Å². The number of pyridine rings is 2. The van der Waals surface area contributed by atoms with Crippen LogP contribution in [0.4, 0.5) is 0 Å². The Morgan fingerprint density at radius 1 is 0.488 bits per heavy atom. The predicted molar refractivity (Wildman–Crippen MR) is 185 cm³/mol. The van der Waals surface area contributed by atoms with Gasteiger partial charge < -0.3 is 0 Å². The molecule has 0 atom stereocenters. The normalized spacial score (nSPS) is 10.8. The van der Waals surface area contributed by atoms with Crippen molar-refractivity contribution in [2.45, 2.75) is 69.2 Å². The molecule has 0 saturated heterocycles. The average Bonchev–Trinajstić information content (AvgIpc) is 2.95. The van der Waals surface area contributed by atoms with Crippen LogP contribution in [-0.4, -0.2) is 16.7 Å². The van der Waals surface area contributed by atoms with E-state index in [0.29, 0.717) is 0 Å².